The molecule has 0 saturated carbocycles. The number of rotatable bonds is 5. The predicted octanol–water partition coefficient (Wildman–Crippen LogP) is 4.31. The van der Waals surface area contributed by atoms with Crippen molar-refractivity contribution >= 4 is 34.7 Å². The first kappa shape index (κ1) is 19.1. The lowest BCUT2D eigenvalue weighted by molar-refractivity contribution is 0.0654. The average Bonchev–Trinajstić information content (AvgIpc) is 3.32. The molecule has 4 rings (SSSR count). The monoisotopic (exact) mass is 404 g/mol. The molecular weight excluding hydrogens is 384 g/mol. The fraction of sp³-hybridized carbons (Fsp3) is 0.174. The molecule has 6 heteroatoms. The zero-order valence-corrected chi connectivity index (χ0v) is 17.0. The predicted molar refractivity (Wildman–Crippen MR) is 114 cm³/mol. The molecular formula is C23H20N2O3S. The summed E-state index contributed by atoms with van der Waals surface area (Å²) in [6.07, 6.45) is 0. The summed E-state index contributed by atoms with van der Waals surface area (Å²) >= 11 is 1.37. The van der Waals surface area contributed by atoms with E-state index in [1.165, 1.54) is 16.2 Å². The Labute approximate surface area is 173 Å². The molecule has 146 valence electrons. The van der Waals surface area contributed by atoms with Gasteiger partial charge in [0.2, 0.25) is 0 Å². The van der Waals surface area contributed by atoms with Crippen molar-refractivity contribution in [2.45, 2.75) is 13.8 Å². The molecule has 0 radical (unpaired) electrons. The van der Waals surface area contributed by atoms with E-state index < -0.39 is 0 Å². The Balaban J connectivity index is 1.62. The second-order valence-electron chi connectivity index (χ2n) is 7.03. The zero-order chi connectivity index (χ0) is 20.5. The first-order valence-corrected chi connectivity index (χ1v) is 10.2. The Bertz CT molecular complexity index is 1070. The van der Waals surface area contributed by atoms with Gasteiger partial charge in [0.25, 0.3) is 17.7 Å². The SMILES string of the molecule is Cc1ccc(N(CCN2C(=O)c3ccccc3C2=O)C(=O)c2cccs2)c(C)c1. The summed E-state index contributed by atoms with van der Waals surface area (Å²) in [4.78, 5) is 42.0. The zero-order valence-electron chi connectivity index (χ0n) is 16.2. The van der Waals surface area contributed by atoms with Gasteiger partial charge in [0, 0.05) is 18.8 Å². The number of nitrogens with zero attached hydrogens (tertiary/aromatic N) is 2. The van der Waals surface area contributed by atoms with Gasteiger partial charge in [-0.25, -0.2) is 0 Å². The van der Waals surface area contributed by atoms with E-state index in [9.17, 15) is 14.4 Å². The summed E-state index contributed by atoms with van der Waals surface area (Å²) in [6, 6.07) is 16.3. The van der Waals surface area contributed by atoms with Crippen LogP contribution in [0.1, 0.15) is 41.5 Å². The van der Waals surface area contributed by atoms with Gasteiger partial charge in [0.1, 0.15) is 0 Å². The lowest BCUT2D eigenvalue weighted by atomic mass is 10.1. The van der Waals surface area contributed by atoms with Crippen LogP contribution < -0.4 is 4.90 Å². The third kappa shape index (κ3) is 3.47. The van der Waals surface area contributed by atoms with Gasteiger partial charge in [-0.1, -0.05) is 35.9 Å². The van der Waals surface area contributed by atoms with E-state index in [0.717, 1.165) is 16.8 Å². The average molecular weight is 404 g/mol. The van der Waals surface area contributed by atoms with Gasteiger partial charge >= 0.3 is 0 Å². The van der Waals surface area contributed by atoms with Crippen LogP contribution >= 0.6 is 11.3 Å². The molecule has 29 heavy (non-hydrogen) atoms. The van der Waals surface area contributed by atoms with Crippen molar-refractivity contribution in [3.63, 3.8) is 0 Å². The number of hydrogen-bond acceptors (Lipinski definition) is 4. The maximum atomic E-state index is 13.2. The minimum Gasteiger partial charge on any atom is -0.306 e. The Kier molecular flexibility index (Phi) is 5.03. The van der Waals surface area contributed by atoms with Crippen LogP contribution in [0.15, 0.2) is 60.0 Å². The smallest absolute Gasteiger partial charge is 0.268 e. The molecule has 1 aliphatic heterocycles. The number of carbonyl (C=O) groups is 3. The molecule has 0 bridgehead atoms. The molecule has 0 saturated heterocycles. The number of hydrogen-bond donors (Lipinski definition) is 0. The third-order valence-corrected chi connectivity index (χ3v) is 5.90. The number of imide groups is 1. The molecule has 5 nitrogen and oxygen atoms in total. The maximum absolute atomic E-state index is 13.2. The van der Waals surface area contributed by atoms with Gasteiger partial charge in [0.15, 0.2) is 0 Å². The molecule has 0 N–H and O–H groups in total. The van der Waals surface area contributed by atoms with Gasteiger partial charge in [-0.2, -0.15) is 0 Å². The lowest BCUT2D eigenvalue weighted by Crippen LogP contribution is -2.41. The number of thiophene rings is 1. The summed E-state index contributed by atoms with van der Waals surface area (Å²) < 4.78 is 0. The quantitative estimate of drug-likeness (QED) is 0.596. The van der Waals surface area contributed by atoms with E-state index in [2.05, 4.69) is 0 Å². The number of carbonyl (C=O) groups excluding carboxylic acids is 3. The van der Waals surface area contributed by atoms with Gasteiger partial charge in [-0.05, 0) is 49.1 Å². The van der Waals surface area contributed by atoms with Crippen molar-refractivity contribution < 1.29 is 14.4 Å². The standard InChI is InChI=1S/C23H20N2O3S/c1-15-9-10-19(16(2)14-15)24(23(28)20-8-5-13-29-20)11-12-25-21(26)17-6-3-4-7-18(17)22(25)27/h3-10,13-14H,11-12H2,1-2H3. The molecule has 0 fully saturated rings. The topological polar surface area (TPSA) is 57.7 Å². The van der Waals surface area contributed by atoms with E-state index in [-0.39, 0.29) is 30.8 Å². The van der Waals surface area contributed by atoms with Crippen molar-refractivity contribution in [3.8, 4) is 0 Å². The van der Waals surface area contributed by atoms with Crippen molar-refractivity contribution in [1.29, 1.82) is 0 Å². The van der Waals surface area contributed by atoms with Crippen molar-refractivity contribution in [1.82, 2.24) is 4.90 Å². The third-order valence-electron chi connectivity index (χ3n) is 5.05. The summed E-state index contributed by atoms with van der Waals surface area (Å²) in [6.45, 7) is 4.32. The van der Waals surface area contributed by atoms with Crippen molar-refractivity contribution in [2.75, 3.05) is 18.0 Å². The van der Waals surface area contributed by atoms with Crippen molar-refractivity contribution in [3.05, 3.63) is 87.1 Å². The molecule has 1 aromatic heterocycles. The second kappa shape index (κ2) is 7.64. The van der Waals surface area contributed by atoms with Gasteiger partial charge in [-0.3, -0.25) is 19.3 Å². The first-order valence-electron chi connectivity index (χ1n) is 9.35. The molecule has 0 spiro atoms. The number of fused-ring (bicyclic) bond motifs is 1. The number of aryl methyl sites for hydroxylation is 2. The van der Waals surface area contributed by atoms with Crippen molar-refractivity contribution in [2.24, 2.45) is 0 Å². The van der Waals surface area contributed by atoms with E-state index in [4.69, 9.17) is 0 Å². The minimum atomic E-state index is -0.310. The fourth-order valence-corrected chi connectivity index (χ4v) is 4.29. The van der Waals surface area contributed by atoms with E-state index >= 15 is 0 Å². The van der Waals surface area contributed by atoms with Crippen LogP contribution in [0.3, 0.4) is 0 Å². The summed E-state index contributed by atoms with van der Waals surface area (Å²) in [7, 11) is 0. The van der Waals surface area contributed by atoms with Crippen LogP contribution in [0, 0.1) is 13.8 Å². The molecule has 2 heterocycles. The largest absolute Gasteiger partial charge is 0.306 e. The lowest BCUT2D eigenvalue weighted by Gasteiger charge is -2.26. The normalized spacial score (nSPS) is 13.0. The highest BCUT2D eigenvalue weighted by Gasteiger charge is 2.35. The molecule has 3 aromatic rings. The van der Waals surface area contributed by atoms with Crippen LogP contribution in [0.4, 0.5) is 5.69 Å². The van der Waals surface area contributed by atoms with E-state index in [0.29, 0.717) is 16.0 Å². The van der Waals surface area contributed by atoms with Crippen LogP contribution in [0.2, 0.25) is 0 Å². The fourth-order valence-electron chi connectivity index (χ4n) is 3.62. The molecule has 0 atom stereocenters. The first-order chi connectivity index (χ1) is 14.0. The van der Waals surface area contributed by atoms with E-state index in [1.54, 1.807) is 35.2 Å². The van der Waals surface area contributed by atoms with Gasteiger partial charge < -0.3 is 4.90 Å². The molecule has 1 aliphatic rings. The van der Waals surface area contributed by atoms with E-state index in [1.807, 2.05) is 43.5 Å². The summed E-state index contributed by atoms with van der Waals surface area (Å²) in [5.41, 5.74) is 3.69. The van der Waals surface area contributed by atoms with Crippen LogP contribution in [-0.2, 0) is 0 Å². The van der Waals surface area contributed by atoms with Gasteiger partial charge in [0.05, 0.1) is 16.0 Å². The molecule has 0 unspecified atom stereocenters. The number of benzene rings is 2. The summed E-state index contributed by atoms with van der Waals surface area (Å²) in [5.74, 6) is -0.756. The van der Waals surface area contributed by atoms with Crippen LogP contribution in [-0.4, -0.2) is 35.7 Å². The number of anilines is 1. The molecule has 3 amide bonds. The highest BCUT2D eigenvalue weighted by atomic mass is 32.1. The summed E-state index contributed by atoms with van der Waals surface area (Å²) in [5, 5.41) is 1.86. The highest BCUT2D eigenvalue weighted by Crippen LogP contribution is 2.26. The van der Waals surface area contributed by atoms with Crippen LogP contribution in [0.5, 0.6) is 0 Å². The Morgan fingerprint density at radius 3 is 2.24 bits per heavy atom. The molecule has 2 aromatic carbocycles. The molecule has 0 aliphatic carbocycles. The second-order valence-corrected chi connectivity index (χ2v) is 7.98. The minimum absolute atomic E-state index is 0.136. The Hall–Kier alpha value is -3.25. The van der Waals surface area contributed by atoms with Crippen LogP contribution in [0.25, 0.3) is 0 Å². The maximum Gasteiger partial charge on any atom is 0.268 e. The number of amides is 3. The highest BCUT2D eigenvalue weighted by molar-refractivity contribution is 7.12. The Morgan fingerprint density at radius 1 is 0.966 bits per heavy atom. The van der Waals surface area contributed by atoms with Gasteiger partial charge in [-0.15, -0.1) is 11.3 Å². The Morgan fingerprint density at radius 2 is 1.66 bits per heavy atom.